The number of fused-ring (bicyclic) bond motifs is 3. The van der Waals surface area contributed by atoms with Crippen LogP contribution in [0.4, 0.5) is 13.2 Å². The van der Waals surface area contributed by atoms with Gasteiger partial charge in [-0.15, -0.1) is 0 Å². The molecule has 0 aliphatic carbocycles. The van der Waals surface area contributed by atoms with Gasteiger partial charge >= 0.3 is 6.18 Å². The minimum Gasteiger partial charge on any atom is -0.345 e. The predicted octanol–water partition coefficient (Wildman–Crippen LogP) is 3.39. The van der Waals surface area contributed by atoms with Crippen LogP contribution in [0.1, 0.15) is 27.0 Å². The van der Waals surface area contributed by atoms with E-state index in [1.165, 1.54) is 11.0 Å². The number of amides is 1. The van der Waals surface area contributed by atoms with Gasteiger partial charge in [-0.25, -0.2) is 0 Å². The van der Waals surface area contributed by atoms with E-state index in [1.54, 1.807) is 24.3 Å². The van der Waals surface area contributed by atoms with Gasteiger partial charge in [0, 0.05) is 23.2 Å². The largest absolute Gasteiger partial charge is 0.416 e. The van der Waals surface area contributed by atoms with Crippen molar-refractivity contribution in [2.24, 2.45) is 0 Å². The van der Waals surface area contributed by atoms with Gasteiger partial charge in [-0.2, -0.15) is 13.2 Å². The van der Waals surface area contributed by atoms with E-state index in [1.807, 2.05) is 6.07 Å². The van der Waals surface area contributed by atoms with Gasteiger partial charge in [-0.3, -0.25) is 9.69 Å². The standard InChI is InChI=1S/C17H12F3NO2/c18-17(19,20)12-6-7-13-14(10-12)16(11-4-2-1-3-5-11)21(15(13)22)8-9-23-16/h1-7,10H,8-9H2. The van der Waals surface area contributed by atoms with E-state index in [4.69, 9.17) is 4.74 Å². The number of hydrogen-bond acceptors (Lipinski definition) is 2. The summed E-state index contributed by atoms with van der Waals surface area (Å²) < 4.78 is 45.1. The number of alkyl halides is 3. The molecule has 0 spiro atoms. The van der Waals surface area contributed by atoms with Crippen LogP contribution in [0.3, 0.4) is 0 Å². The van der Waals surface area contributed by atoms with Crippen LogP contribution < -0.4 is 0 Å². The quantitative estimate of drug-likeness (QED) is 0.806. The summed E-state index contributed by atoms with van der Waals surface area (Å²) in [5.41, 5.74) is -0.849. The van der Waals surface area contributed by atoms with Crippen molar-refractivity contribution in [3.8, 4) is 0 Å². The van der Waals surface area contributed by atoms with E-state index in [-0.39, 0.29) is 23.6 Å². The molecule has 1 fully saturated rings. The van der Waals surface area contributed by atoms with Gasteiger partial charge in [-0.05, 0) is 18.2 Å². The number of nitrogens with zero attached hydrogens (tertiary/aromatic N) is 1. The first kappa shape index (κ1) is 14.3. The molecule has 2 aliphatic rings. The Morgan fingerprint density at radius 2 is 1.83 bits per heavy atom. The fourth-order valence-electron chi connectivity index (χ4n) is 3.38. The third kappa shape index (κ3) is 1.84. The summed E-state index contributed by atoms with van der Waals surface area (Å²) >= 11 is 0. The Labute approximate surface area is 130 Å². The number of hydrogen-bond donors (Lipinski definition) is 0. The van der Waals surface area contributed by atoms with E-state index >= 15 is 0 Å². The Morgan fingerprint density at radius 1 is 1.09 bits per heavy atom. The summed E-state index contributed by atoms with van der Waals surface area (Å²) in [5.74, 6) is -0.296. The molecule has 1 atom stereocenters. The number of rotatable bonds is 1. The summed E-state index contributed by atoms with van der Waals surface area (Å²) in [5, 5.41) is 0. The molecule has 23 heavy (non-hydrogen) atoms. The van der Waals surface area contributed by atoms with Gasteiger partial charge in [0.15, 0.2) is 5.72 Å². The molecule has 0 N–H and O–H groups in total. The lowest BCUT2D eigenvalue weighted by Crippen LogP contribution is -2.40. The first-order valence-electron chi connectivity index (χ1n) is 7.18. The Morgan fingerprint density at radius 3 is 2.52 bits per heavy atom. The monoisotopic (exact) mass is 319 g/mol. The number of halogens is 3. The fourth-order valence-corrected chi connectivity index (χ4v) is 3.38. The highest BCUT2D eigenvalue weighted by Crippen LogP contribution is 2.49. The normalized spacial score (nSPS) is 23.1. The van der Waals surface area contributed by atoms with Gasteiger partial charge in [0.1, 0.15) is 0 Å². The fraction of sp³-hybridized carbons (Fsp3) is 0.235. The zero-order valence-electron chi connectivity index (χ0n) is 11.9. The maximum atomic E-state index is 13.1. The van der Waals surface area contributed by atoms with Crippen LogP contribution in [0.15, 0.2) is 48.5 Å². The number of carbonyl (C=O) groups excluding carboxylic acids is 1. The minimum atomic E-state index is -4.47. The summed E-state index contributed by atoms with van der Waals surface area (Å²) in [4.78, 5) is 14.1. The van der Waals surface area contributed by atoms with Crippen LogP contribution >= 0.6 is 0 Å². The van der Waals surface area contributed by atoms with Crippen molar-refractivity contribution >= 4 is 5.91 Å². The molecule has 2 aromatic rings. The molecule has 118 valence electrons. The van der Waals surface area contributed by atoms with E-state index in [2.05, 4.69) is 0 Å². The lowest BCUT2D eigenvalue weighted by atomic mass is 9.92. The molecule has 1 unspecified atom stereocenters. The van der Waals surface area contributed by atoms with Gasteiger partial charge < -0.3 is 4.74 Å². The Hall–Kier alpha value is -2.34. The number of ether oxygens (including phenoxy) is 1. The molecule has 0 saturated carbocycles. The highest BCUT2D eigenvalue weighted by atomic mass is 19.4. The zero-order valence-corrected chi connectivity index (χ0v) is 11.9. The summed E-state index contributed by atoms with van der Waals surface area (Å²) in [6.45, 7) is 0.639. The second-order valence-corrected chi connectivity index (χ2v) is 5.57. The molecule has 6 heteroatoms. The molecule has 0 bridgehead atoms. The molecule has 3 nitrogen and oxygen atoms in total. The predicted molar refractivity (Wildman–Crippen MR) is 75.7 cm³/mol. The zero-order chi connectivity index (χ0) is 16.2. The molecule has 2 aromatic carbocycles. The smallest absolute Gasteiger partial charge is 0.345 e. The maximum absolute atomic E-state index is 13.1. The van der Waals surface area contributed by atoms with Crippen LogP contribution in [0.5, 0.6) is 0 Å². The topological polar surface area (TPSA) is 29.5 Å². The van der Waals surface area contributed by atoms with Gasteiger partial charge in [0.25, 0.3) is 5.91 Å². The molecule has 2 heterocycles. The average Bonchev–Trinajstić information content (AvgIpc) is 3.07. The van der Waals surface area contributed by atoms with Crippen LogP contribution in [0, 0.1) is 0 Å². The van der Waals surface area contributed by atoms with E-state index in [0.717, 1.165) is 12.1 Å². The maximum Gasteiger partial charge on any atom is 0.416 e. The summed E-state index contributed by atoms with van der Waals surface area (Å²) in [7, 11) is 0. The van der Waals surface area contributed by atoms with Crippen molar-refractivity contribution in [2.45, 2.75) is 11.9 Å². The SMILES string of the molecule is O=C1c2ccc(C(F)(F)F)cc2C2(c3ccccc3)OCCN12. The van der Waals surface area contributed by atoms with Crippen molar-refractivity contribution in [2.75, 3.05) is 13.2 Å². The average molecular weight is 319 g/mol. The lowest BCUT2D eigenvalue weighted by Gasteiger charge is -2.32. The lowest BCUT2D eigenvalue weighted by molar-refractivity contribution is -0.137. The highest BCUT2D eigenvalue weighted by Gasteiger charge is 2.55. The highest BCUT2D eigenvalue weighted by molar-refractivity contribution is 6.00. The van der Waals surface area contributed by atoms with Crippen LogP contribution in [-0.2, 0) is 16.6 Å². The van der Waals surface area contributed by atoms with Crippen molar-refractivity contribution in [1.29, 1.82) is 0 Å². The minimum absolute atomic E-state index is 0.265. The van der Waals surface area contributed by atoms with E-state index in [0.29, 0.717) is 12.1 Å². The Kier molecular flexibility index (Phi) is 2.84. The first-order valence-corrected chi connectivity index (χ1v) is 7.18. The van der Waals surface area contributed by atoms with Gasteiger partial charge in [0.05, 0.1) is 12.2 Å². The molecule has 2 aliphatic heterocycles. The third-order valence-corrected chi connectivity index (χ3v) is 4.36. The second-order valence-electron chi connectivity index (χ2n) is 5.57. The van der Waals surface area contributed by atoms with Crippen molar-refractivity contribution in [3.63, 3.8) is 0 Å². The number of carbonyl (C=O) groups is 1. The third-order valence-electron chi connectivity index (χ3n) is 4.36. The van der Waals surface area contributed by atoms with Crippen LogP contribution in [0.2, 0.25) is 0 Å². The Balaban J connectivity index is 1.99. The van der Waals surface area contributed by atoms with Gasteiger partial charge in [-0.1, -0.05) is 30.3 Å². The van der Waals surface area contributed by atoms with E-state index in [9.17, 15) is 18.0 Å². The summed E-state index contributed by atoms with van der Waals surface area (Å²) in [6.07, 6.45) is -4.47. The van der Waals surface area contributed by atoms with Crippen molar-refractivity contribution < 1.29 is 22.7 Å². The molecule has 4 rings (SSSR count). The van der Waals surface area contributed by atoms with Gasteiger partial charge in [0.2, 0.25) is 0 Å². The Bertz CT molecular complexity index is 788. The van der Waals surface area contributed by atoms with Crippen LogP contribution in [0.25, 0.3) is 0 Å². The molecular weight excluding hydrogens is 307 g/mol. The molecule has 1 saturated heterocycles. The van der Waals surface area contributed by atoms with Crippen LogP contribution in [-0.4, -0.2) is 24.0 Å². The molecule has 1 amide bonds. The van der Waals surface area contributed by atoms with Crippen molar-refractivity contribution in [3.05, 3.63) is 70.8 Å². The van der Waals surface area contributed by atoms with E-state index < -0.39 is 17.5 Å². The molecule has 0 radical (unpaired) electrons. The summed E-state index contributed by atoms with van der Waals surface area (Å²) in [6, 6.07) is 12.1. The second kappa shape index (κ2) is 4.58. The number of benzene rings is 2. The molecule has 0 aromatic heterocycles. The molecular formula is C17H12F3NO2. The van der Waals surface area contributed by atoms with Crippen molar-refractivity contribution in [1.82, 2.24) is 4.90 Å². The first-order chi connectivity index (χ1) is 10.9.